The normalized spacial score (nSPS) is 23.5. The molecule has 1 N–H and O–H groups in total. The van der Waals surface area contributed by atoms with Crippen molar-refractivity contribution in [1.29, 1.82) is 0 Å². The fourth-order valence-electron chi connectivity index (χ4n) is 4.89. The summed E-state index contributed by atoms with van der Waals surface area (Å²) in [4.78, 5) is 52.0. The van der Waals surface area contributed by atoms with Gasteiger partial charge in [0.25, 0.3) is 0 Å². The average molecular weight is 384 g/mol. The summed E-state index contributed by atoms with van der Waals surface area (Å²) in [6.07, 6.45) is 0.994. The van der Waals surface area contributed by atoms with Crippen LogP contribution in [0, 0.1) is 22.7 Å². The fraction of sp³-hybridized carbons (Fsp3) is 0.565. The topological polar surface area (TPSA) is 88.5 Å². The molecular formula is C23H28O5. The van der Waals surface area contributed by atoms with Crippen LogP contribution in [0.1, 0.15) is 64.9 Å². The van der Waals surface area contributed by atoms with E-state index in [1.165, 1.54) is 12.1 Å². The molecule has 0 bridgehead atoms. The van der Waals surface area contributed by atoms with Gasteiger partial charge >= 0.3 is 0 Å². The second kappa shape index (κ2) is 6.94. The quantitative estimate of drug-likeness (QED) is 0.804. The average Bonchev–Trinajstić information content (AvgIpc) is 2.50. The molecule has 5 nitrogen and oxygen atoms in total. The molecule has 150 valence electrons. The second-order valence-corrected chi connectivity index (χ2v) is 9.97. The highest BCUT2D eigenvalue weighted by atomic mass is 16.3. The Kier molecular flexibility index (Phi) is 5.07. The van der Waals surface area contributed by atoms with E-state index in [-0.39, 0.29) is 54.6 Å². The summed E-state index contributed by atoms with van der Waals surface area (Å²) in [6.45, 7) is 7.53. The zero-order valence-electron chi connectivity index (χ0n) is 17.0. The number of phenolic OH excluding ortho intramolecular Hbond substituents is 1. The molecule has 1 aromatic carbocycles. The Hall–Kier alpha value is -2.30. The first-order valence-corrected chi connectivity index (χ1v) is 9.80. The van der Waals surface area contributed by atoms with Crippen molar-refractivity contribution in [1.82, 2.24) is 0 Å². The molecule has 2 aliphatic rings. The molecule has 2 saturated carbocycles. The standard InChI is InChI=1S/C23H28O5/c1-22(2)9-15(25)20(16(26)10-22)19(13-5-7-14(24)8-6-13)21-17(27)11-23(3,4)12-18(21)28/h5-8,19-21,24H,9-12H2,1-4H3. The third-order valence-corrected chi connectivity index (χ3v) is 5.99. The van der Waals surface area contributed by atoms with Gasteiger partial charge in [0.05, 0.1) is 11.8 Å². The van der Waals surface area contributed by atoms with Crippen LogP contribution in [0.4, 0.5) is 0 Å². The second-order valence-electron chi connectivity index (χ2n) is 9.97. The summed E-state index contributed by atoms with van der Waals surface area (Å²) in [5.74, 6) is -3.54. The highest BCUT2D eigenvalue weighted by Gasteiger charge is 2.52. The van der Waals surface area contributed by atoms with Crippen LogP contribution in [0.3, 0.4) is 0 Å². The van der Waals surface area contributed by atoms with E-state index in [2.05, 4.69) is 0 Å². The minimum atomic E-state index is -0.989. The first-order valence-electron chi connectivity index (χ1n) is 9.80. The van der Waals surface area contributed by atoms with Gasteiger partial charge in [-0.1, -0.05) is 39.8 Å². The predicted octanol–water partition coefficient (Wildman–Crippen LogP) is 3.62. The molecule has 0 aromatic heterocycles. The number of carbonyl (C=O) groups is 4. The molecular weight excluding hydrogens is 356 g/mol. The number of phenols is 1. The number of hydrogen-bond donors (Lipinski definition) is 1. The van der Waals surface area contributed by atoms with Crippen molar-refractivity contribution < 1.29 is 24.3 Å². The molecule has 0 saturated heterocycles. The SMILES string of the molecule is CC1(C)CC(=O)C(C(c2ccc(O)cc2)C2C(=O)CC(C)(C)CC2=O)C(=O)C1. The van der Waals surface area contributed by atoms with E-state index in [1.54, 1.807) is 12.1 Å². The van der Waals surface area contributed by atoms with Gasteiger partial charge in [-0.05, 0) is 28.5 Å². The lowest BCUT2D eigenvalue weighted by atomic mass is 9.59. The van der Waals surface area contributed by atoms with Crippen molar-refractivity contribution >= 4 is 23.1 Å². The molecule has 2 aliphatic carbocycles. The molecule has 28 heavy (non-hydrogen) atoms. The van der Waals surface area contributed by atoms with Crippen molar-refractivity contribution in [3.63, 3.8) is 0 Å². The van der Waals surface area contributed by atoms with E-state index in [4.69, 9.17) is 0 Å². The van der Waals surface area contributed by atoms with Gasteiger partial charge in [-0.2, -0.15) is 0 Å². The van der Waals surface area contributed by atoms with Crippen LogP contribution in [-0.2, 0) is 19.2 Å². The number of aromatic hydroxyl groups is 1. The summed E-state index contributed by atoms with van der Waals surface area (Å²) in [7, 11) is 0. The lowest BCUT2D eigenvalue weighted by Gasteiger charge is -2.41. The van der Waals surface area contributed by atoms with Crippen molar-refractivity contribution in [2.45, 2.75) is 59.3 Å². The van der Waals surface area contributed by atoms with Crippen LogP contribution < -0.4 is 0 Å². The van der Waals surface area contributed by atoms with Crippen LogP contribution in [0.15, 0.2) is 24.3 Å². The van der Waals surface area contributed by atoms with E-state index >= 15 is 0 Å². The predicted molar refractivity (Wildman–Crippen MR) is 104 cm³/mol. The van der Waals surface area contributed by atoms with Crippen molar-refractivity contribution in [3.8, 4) is 5.75 Å². The maximum absolute atomic E-state index is 13.0. The van der Waals surface area contributed by atoms with Gasteiger partial charge < -0.3 is 5.11 Å². The van der Waals surface area contributed by atoms with Gasteiger partial charge in [0.1, 0.15) is 28.9 Å². The Labute approximate surface area is 165 Å². The summed E-state index contributed by atoms with van der Waals surface area (Å²) in [5, 5.41) is 9.64. The lowest BCUT2D eigenvalue weighted by molar-refractivity contribution is -0.145. The zero-order valence-corrected chi connectivity index (χ0v) is 17.0. The molecule has 5 heteroatoms. The molecule has 3 rings (SSSR count). The summed E-state index contributed by atoms with van der Waals surface area (Å²) in [6, 6.07) is 6.15. The fourth-order valence-corrected chi connectivity index (χ4v) is 4.89. The number of ketones is 4. The van der Waals surface area contributed by atoms with Gasteiger partial charge in [0, 0.05) is 31.6 Å². The highest BCUT2D eigenvalue weighted by Crippen LogP contribution is 2.47. The number of rotatable bonds is 3. The first kappa shape index (κ1) is 20.4. The Morgan fingerprint density at radius 1 is 0.714 bits per heavy atom. The minimum absolute atomic E-state index is 0.0485. The highest BCUT2D eigenvalue weighted by molar-refractivity contribution is 6.11. The van der Waals surface area contributed by atoms with Crippen LogP contribution >= 0.6 is 0 Å². The van der Waals surface area contributed by atoms with Crippen molar-refractivity contribution in [3.05, 3.63) is 29.8 Å². The Bertz CT molecular complexity index is 743. The van der Waals surface area contributed by atoms with Crippen LogP contribution in [-0.4, -0.2) is 28.2 Å². The smallest absolute Gasteiger partial charge is 0.144 e. The molecule has 0 heterocycles. The number of benzene rings is 1. The largest absolute Gasteiger partial charge is 0.508 e. The summed E-state index contributed by atoms with van der Waals surface area (Å²) < 4.78 is 0. The third kappa shape index (κ3) is 3.94. The number of carbonyl (C=O) groups excluding carboxylic acids is 4. The number of hydrogen-bond acceptors (Lipinski definition) is 5. The Balaban J connectivity index is 2.07. The third-order valence-electron chi connectivity index (χ3n) is 5.99. The van der Waals surface area contributed by atoms with Gasteiger partial charge in [0.15, 0.2) is 0 Å². The van der Waals surface area contributed by atoms with Gasteiger partial charge in [-0.3, -0.25) is 19.2 Å². The Morgan fingerprint density at radius 3 is 1.36 bits per heavy atom. The molecule has 0 spiro atoms. The molecule has 0 atom stereocenters. The number of Topliss-reactive ketones (excluding diaryl/α,β-unsaturated/α-hetero) is 4. The molecule has 0 aliphatic heterocycles. The van der Waals surface area contributed by atoms with E-state index < -0.39 is 28.6 Å². The first-order chi connectivity index (χ1) is 12.9. The van der Waals surface area contributed by atoms with Gasteiger partial charge in [-0.15, -0.1) is 0 Å². The molecule has 1 aromatic rings. The lowest BCUT2D eigenvalue weighted by Crippen LogP contribution is -2.48. The van der Waals surface area contributed by atoms with E-state index in [9.17, 15) is 24.3 Å². The molecule has 0 amide bonds. The van der Waals surface area contributed by atoms with Crippen molar-refractivity contribution in [2.75, 3.05) is 0 Å². The zero-order chi connectivity index (χ0) is 20.9. The van der Waals surface area contributed by atoms with Crippen molar-refractivity contribution in [2.24, 2.45) is 22.7 Å². The minimum Gasteiger partial charge on any atom is -0.508 e. The summed E-state index contributed by atoms with van der Waals surface area (Å²) in [5.41, 5.74) is -0.241. The maximum atomic E-state index is 13.0. The summed E-state index contributed by atoms with van der Waals surface area (Å²) >= 11 is 0. The van der Waals surface area contributed by atoms with Gasteiger partial charge in [0.2, 0.25) is 0 Å². The van der Waals surface area contributed by atoms with E-state index in [1.807, 2.05) is 27.7 Å². The van der Waals surface area contributed by atoms with E-state index in [0.29, 0.717) is 5.56 Å². The van der Waals surface area contributed by atoms with Crippen LogP contribution in [0.5, 0.6) is 5.75 Å². The maximum Gasteiger partial charge on any atom is 0.144 e. The van der Waals surface area contributed by atoms with Gasteiger partial charge in [-0.25, -0.2) is 0 Å². The van der Waals surface area contributed by atoms with Crippen LogP contribution in [0.25, 0.3) is 0 Å². The molecule has 2 fully saturated rings. The Morgan fingerprint density at radius 2 is 1.04 bits per heavy atom. The molecule has 0 unspecified atom stereocenters. The molecule has 0 radical (unpaired) electrons. The van der Waals surface area contributed by atoms with Crippen LogP contribution in [0.2, 0.25) is 0 Å². The van der Waals surface area contributed by atoms with E-state index in [0.717, 1.165) is 0 Å². The monoisotopic (exact) mass is 384 g/mol.